The second-order valence-corrected chi connectivity index (χ2v) is 3.11. The van der Waals surface area contributed by atoms with E-state index in [9.17, 15) is 14.7 Å². The van der Waals surface area contributed by atoms with Crippen molar-refractivity contribution in [1.29, 1.82) is 0 Å². The van der Waals surface area contributed by atoms with Gasteiger partial charge in [-0.3, -0.25) is 4.79 Å². The predicted molar refractivity (Wildman–Crippen MR) is 57.3 cm³/mol. The van der Waals surface area contributed by atoms with E-state index >= 15 is 0 Å². The molecule has 17 heavy (non-hydrogen) atoms. The molecule has 0 saturated heterocycles. The third kappa shape index (κ3) is 2.87. The van der Waals surface area contributed by atoms with Crippen molar-refractivity contribution in [3.63, 3.8) is 0 Å². The van der Waals surface area contributed by atoms with Crippen molar-refractivity contribution in [2.24, 2.45) is 0 Å². The number of aromatic hydroxyl groups is 1. The molecule has 0 bridgehead atoms. The summed E-state index contributed by atoms with van der Waals surface area (Å²) in [4.78, 5) is 22.3. The summed E-state index contributed by atoms with van der Waals surface area (Å²) < 4.78 is 14.2. The van der Waals surface area contributed by atoms with Crippen LogP contribution in [0.1, 0.15) is 17.3 Å². The van der Waals surface area contributed by atoms with Crippen LogP contribution in [0.3, 0.4) is 0 Å². The van der Waals surface area contributed by atoms with Crippen molar-refractivity contribution in [1.82, 2.24) is 0 Å². The molecule has 0 aliphatic rings. The summed E-state index contributed by atoms with van der Waals surface area (Å²) in [6.07, 6.45) is 0. The smallest absolute Gasteiger partial charge is 0.341 e. The quantitative estimate of drug-likeness (QED) is 0.629. The van der Waals surface area contributed by atoms with E-state index in [0.717, 1.165) is 6.07 Å². The van der Waals surface area contributed by atoms with E-state index in [1.807, 2.05) is 0 Å². The summed E-state index contributed by atoms with van der Waals surface area (Å²) in [5.41, 5.74) is -0.0546. The molecule has 1 N–H and O–H groups in total. The Kier molecular flexibility index (Phi) is 3.92. The van der Waals surface area contributed by atoms with Gasteiger partial charge in [-0.1, -0.05) is 0 Å². The zero-order chi connectivity index (χ0) is 13.0. The van der Waals surface area contributed by atoms with Crippen LogP contribution < -0.4 is 9.47 Å². The number of benzene rings is 1. The number of hydrogen-bond acceptors (Lipinski definition) is 6. The fourth-order valence-electron chi connectivity index (χ4n) is 1.22. The molecule has 0 fully saturated rings. The maximum absolute atomic E-state index is 11.4. The SMILES string of the molecule is COC(=O)c1cc(O)c(OC)cc1OC(C)=O. The second kappa shape index (κ2) is 5.20. The first-order valence-electron chi connectivity index (χ1n) is 4.67. The fraction of sp³-hybridized carbons (Fsp3) is 0.273. The van der Waals surface area contributed by atoms with Crippen LogP contribution in [0.2, 0.25) is 0 Å². The zero-order valence-corrected chi connectivity index (χ0v) is 9.64. The van der Waals surface area contributed by atoms with Crippen LogP contribution in [-0.4, -0.2) is 31.3 Å². The van der Waals surface area contributed by atoms with Gasteiger partial charge in [0.1, 0.15) is 11.3 Å². The number of phenolic OH excluding ortho intramolecular Hbond substituents is 1. The lowest BCUT2D eigenvalue weighted by molar-refractivity contribution is -0.131. The molecule has 0 radical (unpaired) electrons. The van der Waals surface area contributed by atoms with E-state index in [1.54, 1.807) is 0 Å². The van der Waals surface area contributed by atoms with E-state index in [2.05, 4.69) is 4.74 Å². The molecule has 92 valence electrons. The molecule has 0 heterocycles. The minimum absolute atomic E-state index is 0.0287. The van der Waals surface area contributed by atoms with Gasteiger partial charge in [-0.05, 0) is 0 Å². The fourth-order valence-corrected chi connectivity index (χ4v) is 1.22. The molecule has 1 rings (SSSR count). The topological polar surface area (TPSA) is 82.1 Å². The lowest BCUT2D eigenvalue weighted by Gasteiger charge is -2.10. The maximum Gasteiger partial charge on any atom is 0.341 e. The Labute approximate surface area is 97.7 Å². The Morgan fingerprint density at radius 1 is 1.18 bits per heavy atom. The lowest BCUT2D eigenvalue weighted by Crippen LogP contribution is -2.09. The molecule has 0 atom stereocenters. The molecule has 0 aliphatic heterocycles. The van der Waals surface area contributed by atoms with Gasteiger partial charge < -0.3 is 19.3 Å². The van der Waals surface area contributed by atoms with Crippen LogP contribution in [0.4, 0.5) is 0 Å². The zero-order valence-electron chi connectivity index (χ0n) is 9.64. The molecule has 0 unspecified atom stereocenters. The van der Waals surface area contributed by atoms with Crippen molar-refractivity contribution in [2.45, 2.75) is 6.92 Å². The number of methoxy groups -OCH3 is 2. The van der Waals surface area contributed by atoms with E-state index in [0.29, 0.717) is 0 Å². The highest BCUT2D eigenvalue weighted by Crippen LogP contribution is 2.34. The average molecular weight is 240 g/mol. The molecule has 1 aromatic rings. The molecule has 0 spiro atoms. The number of hydrogen-bond donors (Lipinski definition) is 1. The molecule has 1 aromatic carbocycles. The number of carbonyl (C=O) groups excluding carboxylic acids is 2. The van der Waals surface area contributed by atoms with E-state index in [4.69, 9.17) is 9.47 Å². The van der Waals surface area contributed by atoms with Crippen LogP contribution in [0, 0.1) is 0 Å². The Balaban J connectivity index is 3.30. The van der Waals surface area contributed by atoms with Crippen molar-refractivity contribution >= 4 is 11.9 Å². The van der Waals surface area contributed by atoms with Gasteiger partial charge >= 0.3 is 11.9 Å². The van der Waals surface area contributed by atoms with Crippen LogP contribution in [-0.2, 0) is 9.53 Å². The Bertz CT molecular complexity index is 452. The largest absolute Gasteiger partial charge is 0.504 e. The summed E-state index contributed by atoms with van der Waals surface area (Å²) >= 11 is 0. The standard InChI is InChI=1S/C11H12O6/c1-6(12)17-9-5-10(15-2)8(13)4-7(9)11(14)16-3/h4-5,13H,1-3H3. The number of ether oxygens (including phenoxy) is 3. The average Bonchev–Trinajstić information content (AvgIpc) is 2.29. The highest BCUT2D eigenvalue weighted by Gasteiger charge is 2.18. The van der Waals surface area contributed by atoms with Crippen LogP contribution in [0.5, 0.6) is 17.2 Å². The first-order valence-corrected chi connectivity index (χ1v) is 4.67. The highest BCUT2D eigenvalue weighted by atomic mass is 16.5. The van der Waals surface area contributed by atoms with Crippen molar-refractivity contribution in [3.8, 4) is 17.2 Å². The van der Waals surface area contributed by atoms with Gasteiger partial charge in [0.25, 0.3) is 0 Å². The normalized spacial score (nSPS) is 9.59. The molecule has 0 aromatic heterocycles. The minimum atomic E-state index is -0.723. The molecular formula is C11H12O6. The van der Waals surface area contributed by atoms with Gasteiger partial charge in [-0.25, -0.2) is 4.79 Å². The predicted octanol–water partition coefficient (Wildman–Crippen LogP) is 1.11. The van der Waals surface area contributed by atoms with Crippen LogP contribution >= 0.6 is 0 Å². The van der Waals surface area contributed by atoms with Crippen molar-refractivity contribution in [3.05, 3.63) is 17.7 Å². The van der Waals surface area contributed by atoms with E-state index in [1.165, 1.54) is 27.2 Å². The van der Waals surface area contributed by atoms with Gasteiger partial charge in [0.2, 0.25) is 0 Å². The summed E-state index contributed by atoms with van der Waals surface area (Å²) in [7, 11) is 2.52. The maximum atomic E-state index is 11.4. The monoisotopic (exact) mass is 240 g/mol. The van der Waals surface area contributed by atoms with Crippen LogP contribution in [0.15, 0.2) is 12.1 Å². The van der Waals surface area contributed by atoms with E-state index in [-0.39, 0.29) is 22.8 Å². The lowest BCUT2D eigenvalue weighted by atomic mass is 10.1. The molecular weight excluding hydrogens is 228 g/mol. The number of rotatable bonds is 3. The summed E-state index contributed by atoms with van der Waals surface area (Å²) in [5, 5.41) is 9.52. The number of phenols is 1. The van der Waals surface area contributed by atoms with Crippen molar-refractivity contribution in [2.75, 3.05) is 14.2 Å². The van der Waals surface area contributed by atoms with Gasteiger partial charge in [0.15, 0.2) is 11.5 Å². The Morgan fingerprint density at radius 3 is 2.29 bits per heavy atom. The summed E-state index contributed by atoms with van der Waals surface area (Å²) in [5.74, 6) is -1.50. The molecule has 6 heteroatoms. The van der Waals surface area contributed by atoms with Gasteiger partial charge in [0, 0.05) is 19.1 Å². The number of esters is 2. The molecule has 0 aliphatic carbocycles. The first-order chi connectivity index (χ1) is 7.99. The molecule has 0 saturated carbocycles. The Morgan fingerprint density at radius 2 is 1.82 bits per heavy atom. The Hall–Kier alpha value is -2.24. The van der Waals surface area contributed by atoms with Gasteiger partial charge in [0.05, 0.1) is 14.2 Å². The third-order valence-corrected chi connectivity index (χ3v) is 1.94. The van der Waals surface area contributed by atoms with Crippen LogP contribution in [0.25, 0.3) is 0 Å². The minimum Gasteiger partial charge on any atom is -0.504 e. The van der Waals surface area contributed by atoms with Gasteiger partial charge in [-0.2, -0.15) is 0 Å². The molecule has 0 amide bonds. The third-order valence-electron chi connectivity index (χ3n) is 1.94. The van der Waals surface area contributed by atoms with E-state index < -0.39 is 11.9 Å². The summed E-state index contributed by atoms with van der Waals surface area (Å²) in [6.45, 7) is 1.19. The second-order valence-electron chi connectivity index (χ2n) is 3.11. The number of carbonyl (C=O) groups is 2. The summed E-state index contributed by atoms with van der Waals surface area (Å²) in [6, 6.07) is 2.35. The molecule has 6 nitrogen and oxygen atoms in total. The van der Waals surface area contributed by atoms with Gasteiger partial charge in [-0.15, -0.1) is 0 Å². The first kappa shape index (κ1) is 12.8. The highest BCUT2D eigenvalue weighted by molar-refractivity contribution is 5.94. The van der Waals surface area contributed by atoms with Crippen molar-refractivity contribution < 1.29 is 28.9 Å².